The maximum atomic E-state index is 12.4. The van der Waals surface area contributed by atoms with Crippen molar-refractivity contribution >= 4 is 29.5 Å². The number of hydrogen-bond acceptors (Lipinski definition) is 4. The first kappa shape index (κ1) is 17.0. The maximum absolute atomic E-state index is 12.4. The van der Waals surface area contributed by atoms with E-state index in [1.54, 1.807) is 12.1 Å². The average molecular weight is 346 g/mol. The Balaban J connectivity index is 1.62. The van der Waals surface area contributed by atoms with Crippen molar-refractivity contribution in [3.63, 3.8) is 0 Å². The number of rotatable bonds is 4. The standard InChI is InChI=1S/C18H22N2O3S/c1-3-13-11-19(8-9-24-13)16(21)6-7-20-17(22)14-5-4-12(2)10-15(14)18(20)23/h4-5,10,13H,3,6-9,11H2,1-2H3/t13-/m1/s1. The van der Waals surface area contributed by atoms with Crippen LogP contribution in [0.15, 0.2) is 18.2 Å². The zero-order chi connectivity index (χ0) is 17.3. The summed E-state index contributed by atoms with van der Waals surface area (Å²) in [6.07, 6.45) is 1.25. The molecular weight excluding hydrogens is 324 g/mol. The van der Waals surface area contributed by atoms with Crippen LogP contribution in [-0.2, 0) is 4.79 Å². The second kappa shape index (κ2) is 6.97. The minimum atomic E-state index is -0.288. The Labute approximate surface area is 146 Å². The van der Waals surface area contributed by atoms with Crippen LogP contribution in [0.2, 0.25) is 0 Å². The molecule has 5 nitrogen and oxygen atoms in total. The highest BCUT2D eigenvalue weighted by molar-refractivity contribution is 8.00. The van der Waals surface area contributed by atoms with Crippen LogP contribution in [-0.4, -0.2) is 58.2 Å². The van der Waals surface area contributed by atoms with E-state index < -0.39 is 0 Å². The van der Waals surface area contributed by atoms with Gasteiger partial charge in [0.25, 0.3) is 11.8 Å². The molecule has 1 fully saturated rings. The van der Waals surface area contributed by atoms with Gasteiger partial charge in [-0.1, -0.05) is 18.6 Å². The number of benzene rings is 1. The lowest BCUT2D eigenvalue weighted by molar-refractivity contribution is -0.131. The van der Waals surface area contributed by atoms with E-state index in [1.165, 1.54) is 4.90 Å². The molecule has 0 saturated carbocycles. The van der Waals surface area contributed by atoms with Gasteiger partial charge in [0.15, 0.2) is 0 Å². The fraction of sp³-hybridized carbons (Fsp3) is 0.500. The lowest BCUT2D eigenvalue weighted by Crippen LogP contribution is -2.43. The molecule has 2 aliphatic heterocycles. The second-order valence-electron chi connectivity index (χ2n) is 6.30. The summed E-state index contributed by atoms with van der Waals surface area (Å²) in [4.78, 5) is 40.3. The molecule has 2 heterocycles. The van der Waals surface area contributed by atoms with E-state index >= 15 is 0 Å². The fourth-order valence-electron chi connectivity index (χ4n) is 3.17. The second-order valence-corrected chi connectivity index (χ2v) is 7.71. The number of fused-ring (bicyclic) bond motifs is 1. The molecule has 0 aromatic heterocycles. The third-order valence-electron chi connectivity index (χ3n) is 4.62. The van der Waals surface area contributed by atoms with Gasteiger partial charge in [-0.25, -0.2) is 0 Å². The minimum Gasteiger partial charge on any atom is -0.341 e. The molecule has 0 aliphatic carbocycles. The normalized spacial score (nSPS) is 20.5. The van der Waals surface area contributed by atoms with E-state index in [0.717, 1.165) is 30.8 Å². The molecule has 3 rings (SSSR count). The molecule has 3 amide bonds. The van der Waals surface area contributed by atoms with Crippen molar-refractivity contribution in [2.45, 2.75) is 31.9 Å². The summed E-state index contributed by atoms with van der Waals surface area (Å²) in [7, 11) is 0. The molecule has 0 N–H and O–H groups in total. The van der Waals surface area contributed by atoms with Gasteiger partial charge in [-0.3, -0.25) is 19.3 Å². The largest absolute Gasteiger partial charge is 0.341 e. The van der Waals surface area contributed by atoms with Crippen LogP contribution in [0.25, 0.3) is 0 Å². The SMILES string of the molecule is CC[C@@H]1CN(C(=O)CCN2C(=O)c3ccc(C)cc3C2=O)CCS1. The van der Waals surface area contributed by atoms with Crippen LogP contribution >= 0.6 is 11.8 Å². The smallest absolute Gasteiger partial charge is 0.261 e. The highest BCUT2D eigenvalue weighted by atomic mass is 32.2. The summed E-state index contributed by atoms with van der Waals surface area (Å²) in [6, 6.07) is 5.26. The number of amides is 3. The predicted molar refractivity (Wildman–Crippen MR) is 94.3 cm³/mol. The molecule has 2 aliphatic rings. The highest BCUT2D eigenvalue weighted by Crippen LogP contribution is 2.25. The Kier molecular flexibility index (Phi) is 4.94. The van der Waals surface area contributed by atoms with Crippen LogP contribution in [0.3, 0.4) is 0 Å². The number of carbonyl (C=O) groups is 3. The van der Waals surface area contributed by atoms with Crippen molar-refractivity contribution in [1.82, 2.24) is 9.80 Å². The molecule has 1 saturated heterocycles. The average Bonchev–Trinajstić information content (AvgIpc) is 2.83. The monoisotopic (exact) mass is 346 g/mol. The summed E-state index contributed by atoms with van der Waals surface area (Å²) in [5.74, 6) is 0.411. The molecule has 1 aromatic rings. The summed E-state index contributed by atoms with van der Waals surface area (Å²) < 4.78 is 0. The topological polar surface area (TPSA) is 57.7 Å². The molecule has 24 heavy (non-hydrogen) atoms. The molecule has 0 radical (unpaired) electrons. The minimum absolute atomic E-state index is 0.0292. The summed E-state index contributed by atoms with van der Waals surface area (Å²) >= 11 is 1.91. The number of carbonyl (C=O) groups excluding carboxylic acids is 3. The molecule has 0 unspecified atom stereocenters. The fourth-order valence-corrected chi connectivity index (χ4v) is 4.35. The van der Waals surface area contributed by atoms with Gasteiger partial charge in [0.1, 0.15) is 0 Å². The van der Waals surface area contributed by atoms with Gasteiger partial charge in [-0.15, -0.1) is 0 Å². The van der Waals surface area contributed by atoms with Crippen LogP contribution in [0.1, 0.15) is 46.0 Å². The molecular formula is C18H22N2O3S. The van der Waals surface area contributed by atoms with Gasteiger partial charge in [-0.2, -0.15) is 11.8 Å². The van der Waals surface area contributed by atoms with Gasteiger partial charge < -0.3 is 4.90 Å². The van der Waals surface area contributed by atoms with Crippen molar-refractivity contribution in [3.05, 3.63) is 34.9 Å². The Morgan fingerprint density at radius 2 is 2.00 bits per heavy atom. The van der Waals surface area contributed by atoms with E-state index in [0.29, 0.717) is 16.4 Å². The Bertz CT molecular complexity index is 689. The summed E-state index contributed by atoms with van der Waals surface area (Å²) in [5.41, 5.74) is 1.84. The number of imide groups is 1. The van der Waals surface area contributed by atoms with Crippen LogP contribution < -0.4 is 0 Å². The van der Waals surface area contributed by atoms with E-state index in [9.17, 15) is 14.4 Å². The number of hydrogen-bond donors (Lipinski definition) is 0. The summed E-state index contributed by atoms with van der Waals surface area (Å²) in [5, 5.41) is 0.491. The van der Waals surface area contributed by atoms with Gasteiger partial charge in [0.05, 0.1) is 11.1 Å². The van der Waals surface area contributed by atoms with E-state index in [-0.39, 0.29) is 30.7 Å². The van der Waals surface area contributed by atoms with Crippen LogP contribution in [0.4, 0.5) is 0 Å². The van der Waals surface area contributed by atoms with Gasteiger partial charge in [-0.05, 0) is 25.5 Å². The lowest BCUT2D eigenvalue weighted by atomic mass is 10.1. The van der Waals surface area contributed by atoms with Gasteiger partial charge >= 0.3 is 0 Å². The maximum Gasteiger partial charge on any atom is 0.261 e. The Hall–Kier alpha value is -1.82. The Morgan fingerprint density at radius 1 is 1.25 bits per heavy atom. The van der Waals surface area contributed by atoms with Crippen molar-refractivity contribution in [2.75, 3.05) is 25.4 Å². The van der Waals surface area contributed by atoms with Crippen molar-refractivity contribution < 1.29 is 14.4 Å². The third-order valence-corrected chi connectivity index (χ3v) is 5.99. The highest BCUT2D eigenvalue weighted by Gasteiger charge is 2.35. The molecule has 0 spiro atoms. The van der Waals surface area contributed by atoms with Crippen molar-refractivity contribution in [2.24, 2.45) is 0 Å². The van der Waals surface area contributed by atoms with Crippen LogP contribution in [0.5, 0.6) is 0 Å². The van der Waals surface area contributed by atoms with Crippen molar-refractivity contribution in [1.29, 1.82) is 0 Å². The van der Waals surface area contributed by atoms with E-state index in [1.807, 2.05) is 29.7 Å². The predicted octanol–water partition coefficient (Wildman–Crippen LogP) is 2.34. The summed E-state index contributed by atoms with van der Waals surface area (Å²) in [6.45, 7) is 5.70. The molecule has 6 heteroatoms. The van der Waals surface area contributed by atoms with E-state index in [2.05, 4.69) is 6.92 Å². The van der Waals surface area contributed by atoms with Gasteiger partial charge in [0, 0.05) is 37.1 Å². The first-order valence-corrected chi connectivity index (χ1v) is 9.42. The first-order valence-electron chi connectivity index (χ1n) is 8.37. The third kappa shape index (κ3) is 3.20. The van der Waals surface area contributed by atoms with E-state index in [4.69, 9.17) is 0 Å². The lowest BCUT2D eigenvalue weighted by Gasteiger charge is -2.32. The van der Waals surface area contributed by atoms with Crippen LogP contribution in [0, 0.1) is 6.92 Å². The molecule has 1 atom stereocenters. The van der Waals surface area contributed by atoms with Gasteiger partial charge in [0.2, 0.25) is 5.91 Å². The number of thioether (sulfide) groups is 1. The van der Waals surface area contributed by atoms with Crippen molar-refractivity contribution in [3.8, 4) is 0 Å². The Morgan fingerprint density at radius 3 is 2.75 bits per heavy atom. The first-order chi connectivity index (χ1) is 11.5. The number of aryl methyl sites for hydroxylation is 1. The quantitative estimate of drug-likeness (QED) is 0.785. The molecule has 1 aromatic carbocycles. The zero-order valence-electron chi connectivity index (χ0n) is 14.1. The number of nitrogens with zero attached hydrogens (tertiary/aromatic N) is 2. The molecule has 0 bridgehead atoms. The zero-order valence-corrected chi connectivity index (χ0v) is 14.9. The molecule has 128 valence electrons.